The van der Waals surface area contributed by atoms with E-state index < -0.39 is 0 Å². The molecule has 0 bridgehead atoms. The lowest BCUT2D eigenvalue weighted by Gasteiger charge is -2.01. The van der Waals surface area contributed by atoms with E-state index in [4.69, 9.17) is 4.84 Å². The minimum Gasteiger partial charge on any atom is -0.399 e. The predicted octanol–water partition coefficient (Wildman–Crippen LogP) is 9.47. The van der Waals surface area contributed by atoms with Crippen LogP contribution in [-0.4, -0.2) is 46.1 Å². The molecule has 0 atom stereocenters. The lowest BCUT2D eigenvalue weighted by Crippen LogP contribution is -1.95. The zero-order valence-electron chi connectivity index (χ0n) is 29.7. The maximum atomic E-state index is 4.71. The summed E-state index contributed by atoms with van der Waals surface area (Å²) in [6, 6.07) is 6.05. The highest BCUT2D eigenvalue weighted by atomic mass is 32.1. The molecule has 0 aliphatic heterocycles. The average molecular weight is 629 g/mol. The summed E-state index contributed by atoms with van der Waals surface area (Å²) in [5.74, 6) is 3.76. The molecule has 9 heteroatoms. The second-order valence-electron chi connectivity index (χ2n) is 11.9. The first-order chi connectivity index (χ1) is 20.8. The third kappa shape index (κ3) is 30.3. The second kappa shape index (κ2) is 28.6. The molecule has 0 spiro atoms. The molecule has 0 amide bonds. The van der Waals surface area contributed by atoms with Crippen LogP contribution in [0.4, 0.5) is 0 Å². The van der Waals surface area contributed by atoms with Gasteiger partial charge in [-0.25, -0.2) is 15.0 Å². The van der Waals surface area contributed by atoms with E-state index in [0.29, 0.717) is 30.3 Å². The zero-order chi connectivity index (χ0) is 33.8. The number of nitrogens with zero attached hydrogens (tertiary/aromatic N) is 6. The van der Waals surface area contributed by atoms with Crippen LogP contribution in [0.15, 0.2) is 58.0 Å². The number of rotatable bonds is 10. The van der Waals surface area contributed by atoms with Gasteiger partial charge in [-0.15, -0.1) is 11.3 Å². The van der Waals surface area contributed by atoms with Gasteiger partial charge < -0.3 is 9.68 Å². The standard InChI is InChI=1S/C9H13N.C8H12N2.C7H11NS.C6H13NO.C5H11NO/c1-8(2)7-9-5-3-4-6-10-9;1-6(2)8-9-4-7(3)5-10-8;1-6(2)3-7-4-9-5-8-7;1-4-8-7-5-6(2)3;1-5(2)4-6-7-3/h3-6,8H,7H2,1-2H3;4-6H,1-3H3;4-6H,3H2,1-2H3;5-6H,4H2,1-3H3;4-5H,1-3H3. The van der Waals surface area contributed by atoms with Gasteiger partial charge in [-0.2, -0.15) is 0 Å². The summed E-state index contributed by atoms with van der Waals surface area (Å²) in [5, 5.41) is 9.32. The van der Waals surface area contributed by atoms with Gasteiger partial charge in [-0.05, 0) is 68.1 Å². The second-order valence-corrected chi connectivity index (χ2v) is 12.6. The number of thiazole rings is 1. The Morgan fingerprint density at radius 1 is 0.773 bits per heavy atom. The lowest BCUT2D eigenvalue weighted by molar-refractivity contribution is 0.159. The van der Waals surface area contributed by atoms with Gasteiger partial charge in [-0.1, -0.05) is 85.6 Å². The smallest absolute Gasteiger partial charge is 0.130 e. The molecule has 3 heterocycles. The van der Waals surface area contributed by atoms with Crippen molar-refractivity contribution in [2.45, 2.75) is 102 Å². The number of pyridine rings is 1. The summed E-state index contributed by atoms with van der Waals surface area (Å²) >= 11 is 1.67. The van der Waals surface area contributed by atoms with Crippen molar-refractivity contribution < 1.29 is 9.68 Å². The predicted molar refractivity (Wildman–Crippen MR) is 190 cm³/mol. The minimum atomic E-state index is 0.431. The normalized spacial score (nSPS) is 10.6. The zero-order valence-corrected chi connectivity index (χ0v) is 30.5. The Bertz CT molecular complexity index is 1050. The fourth-order valence-electron chi connectivity index (χ4n) is 2.82. The van der Waals surface area contributed by atoms with Crippen molar-refractivity contribution in [3.05, 3.63) is 70.5 Å². The third-order valence-corrected chi connectivity index (χ3v) is 5.42. The molecule has 3 aromatic rings. The van der Waals surface area contributed by atoms with Crippen LogP contribution in [0.3, 0.4) is 0 Å². The molecule has 0 saturated heterocycles. The van der Waals surface area contributed by atoms with Gasteiger partial charge in [0.2, 0.25) is 0 Å². The maximum Gasteiger partial charge on any atom is 0.130 e. The molecule has 0 unspecified atom stereocenters. The van der Waals surface area contributed by atoms with E-state index in [2.05, 4.69) is 102 Å². The van der Waals surface area contributed by atoms with Crippen LogP contribution in [0.25, 0.3) is 0 Å². The molecule has 0 fully saturated rings. The fourth-order valence-corrected chi connectivity index (χ4v) is 3.39. The van der Waals surface area contributed by atoms with E-state index in [1.54, 1.807) is 30.9 Å². The quantitative estimate of drug-likeness (QED) is 0.164. The molecule has 3 aromatic heterocycles. The Morgan fingerprint density at radius 3 is 1.73 bits per heavy atom. The molecular formula is C35H60N6O2S. The molecule has 44 heavy (non-hydrogen) atoms. The molecule has 0 aliphatic rings. The minimum absolute atomic E-state index is 0.431. The van der Waals surface area contributed by atoms with Crippen molar-refractivity contribution in [3.63, 3.8) is 0 Å². The Kier molecular flexibility index (Phi) is 27.9. The third-order valence-electron chi connectivity index (χ3n) is 4.79. The van der Waals surface area contributed by atoms with Crippen LogP contribution in [0, 0.1) is 30.6 Å². The van der Waals surface area contributed by atoms with E-state index in [0.717, 1.165) is 30.1 Å². The van der Waals surface area contributed by atoms with Crippen LogP contribution in [0.1, 0.15) is 105 Å². The molecule has 0 aromatic carbocycles. The highest BCUT2D eigenvalue weighted by Crippen LogP contribution is 2.08. The van der Waals surface area contributed by atoms with Gasteiger partial charge in [0.15, 0.2) is 0 Å². The molecular weight excluding hydrogens is 568 g/mol. The Hall–Kier alpha value is -3.20. The lowest BCUT2D eigenvalue weighted by atomic mass is 10.1. The number of hydrogen-bond acceptors (Lipinski definition) is 9. The van der Waals surface area contributed by atoms with E-state index >= 15 is 0 Å². The molecule has 0 aliphatic carbocycles. The van der Waals surface area contributed by atoms with E-state index in [1.165, 1.54) is 11.4 Å². The highest BCUT2D eigenvalue weighted by molar-refractivity contribution is 7.07. The number of aryl methyl sites for hydroxylation is 1. The van der Waals surface area contributed by atoms with Crippen LogP contribution < -0.4 is 0 Å². The van der Waals surface area contributed by atoms with Crippen molar-refractivity contribution in [3.8, 4) is 0 Å². The molecule has 0 N–H and O–H groups in total. The van der Waals surface area contributed by atoms with E-state index in [-0.39, 0.29) is 0 Å². The summed E-state index contributed by atoms with van der Waals surface area (Å²) in [6.07, 6.45) is 11.3. The van der Waals surface area contributed by atoms with Crippen LogP contribution in [0.2, 0.25) is 0 Å². The largest absolute Gasteiger partial charge is 0.399 e. The Labute approximate surface area is 272 Å². The van der Waals surface area contributed by atoms with Gasteiger partial charge in [-0.3, -0.25) is 4.98 Å². The first-order valence-corrected chi connectivity index (χ1v) is 16.5. The average Bonchev–Trinajstić information content (AvgIpc) is 3.46. The summed E-state index contributed by atoms with van der Waals surface area (Å²) in [4.78, 5) is 25.9. The number of hydrogen-bond donors (Lipinski definition) is 0. The van der Waals surface area contributed by atoms with Gasteiger partial charge in [0.1, 0.15) is 19.5 Å². The number of aromatic nitrogens is 4. The van der Waals surface area contributed by atoms with Crippen molar-refractivity contribution in [2.75, 3.05) is 13.7 Å². The first-order valence-electron chi connectivity index (χ1n) is 15.6. The Morgan fingerprint density at radius 2 is 1.34 bits per heavy atom. The number of oxime groups is 2. The van der Waals surface area contributed by atoms with Gasteiger partial charge in [0.25, 0.3) is 0 Å². The van der Waals surface area contributed by atoms with Gasteiger partial charge in [0, 0.05) is 48.0 Å². The molecule has 0 radical (unpaired) electrons. The van der Waals surface area contributed by atoms with E-state index in [9.17, 15) is 0 Å². The SMILES string of the molecule is CC(C)Cc1ccccn1.CC(C)Cc1cscn1.CCON=CC(C)C.CON=CC(C)C.Cc1cnc(C(C)C)nc1. The maximum absolute atomic E-state index is 4.71. The van der Waals surface area contributed by atoms with Crippen molar-refractivity contribution in [1.29, 1.82) is 0 Å². The van der Waals surface area contributed by atoms with Crippen molar-refractivity contribution >= 4 is 23.8 Å². The van der Waals surface area contributed by atoms with Gasteiger partial charge >= 0.3 is 0 Å². The Balaban J connectivity index is 0. The van der Waals surface area contributed by atoms with Crippen LogP contribution in [-0.2, 0) is 22.5 Å². The summed E-state index contributed by atoms with van der Waals surface area (Å²) in [7, 11) is 1.54. The molecule has 248 valence electrons. The monoisotopic (exact) mass is 628 g/mol. The topological polar surface area (TPSA) is 94.7 Å². The molecule has 3 rings (SSSR count). The van der Waals surface area contributed by atoms with Crippen molar-refractivity contribution in [2.24, 2.45) is 34.0 Å². The summed E-state index contributed by atoms with van der Waals surface area (Å²) in [5.41, 5.74) is 5.43. The summed E-state index contributed by atoms with van der Waals surface area (Å²) < 4.78 is 0. The first kappa shape index (κ1) is 42.9. The van der Waals surface area contributed by atoms with Crippen LogP contribution >= 0.6 is 11.3 Å². The van der Waals surface area contributed by atoms with Gasteiger partial charge in [0.05, 0.1) is 11.2 Å². The van der Waals surface area contributed by atoms with Crippen molar-refractivity contribution in [1.82, 2.24) is 19.9 Å². The molecule has 0 saturated carbocycles. The van der Waals surface area contributed by atoms with E-state index in [1.807, 2.05) is 63.9 Å². The molecule has 8 nitrogen and oxygen atoms in total. The summed E-state index contributed by atoms with van der Waals surface area (Å²) in [6.45, 7) is 25.8. The highest BCUT2D eigenvalue weighted by Gasteiger charge is 1.99. The fraction of sp³-hybridized carbons (Fsp3) is 0.600. The van der Waals surface area contributed by atoms with Crippen LogP contribution in [0.5, 0.6) is 0 Å².